The molecule has 0 saturated carbocycles. The van der Waals surface area contributed by atoms with Crippen molar-refractivity contribution >= 4 is 50.5 Å². The second-order valence-electron chi connectivity index (χ2n) is 5.53. The quantitative estimate of drug-likeness (QED) is 0.403. The molecule has 3 heterocycles. The van der Waals surface area contributed by atoms with Gasteiger partial charge in [-0.2, -0.15) is 5.10 Å². The first kappa shape index (κ1) is 18.4. The number of halogens is 1. The molecule has 0 radical (unpaired) electrons. The normalized spacial score (nSPS) is 14.9. The third-order valence-corrected chi connectivity index (χ3v) is 4.86. The van der Waals surface area contributed by atoms with Crippen LogP contribution >= 0.6 is 27.7 Å². The molecule has 0 aromatic carbocycles. The van der Waals surface area contributed by atoms with Crippen LogP contribution < -0.4 is 10.2 Å². The highest BCUT2D eigenvalue weighted by molar-refractivity contribution is 9.09. The number of morpholine rings is 1. The van der Waals surface area contributed by atoms with Crippen molar-refractivity contribution in [3.05, 3.63) is 6.20 Å². The Kier molecular flexibility index (Phi) is 6.49. The molecule has 1 aliphatic rings. The van der Waals surface area contributed by atoms with E-state index >= 15 is 0 Å². The monoisotopic (exact) mass is 428 g/mol. The van der Waals surface area contributed by atoms with E-state index < -0.39 is 0 Å². The van der Waals surface area contributed by atoms with E-state index in [0.717, 1.165) is 35.1 Å². The molecule has 1 saturated heterocycles. The molecule has 2 aromatic rings. The van der Waals surface area contributed by atoms with Gasteiger partial charge >= 0.3 is 0 Å². The molecule has 0 bridgehead atoms. The van der Waals surface area contributed by atoms with Crippen molar-refractivity contribution in [2.45, 2.75) is 18.1 Å². The van der Waals surface area contributed by atoms with Gasteiger partial charge in [0, 0.05) is 31.4 Å². The van der Waals surface area contributed by atoms with Gasteiger partial charge in [-0.1, -0.05) is 27.7 Å². The van der Waals surface area contributed by atoms with Crippen LogP contribution in [0.4, 0.5) is 5.82 Å². The zero-order valence-corrected chi connectivity index (χ0v) is 16.5. The first-order valence-electron chi connectivity index (χ1n) is 8.16. The minimum Gasteiger partial charge on any atom is -0.378 e. The van der Waals surface area contributed by atoms with Gasteiger partial charge in [-0.3, -0.25) is 4.79 Å². The summed E-state index contributed by atoms with van der Waals surface area (Å²) >= 11 is 4.78. The van der Waals surface area contributed by atoms with Crippen molar-refractivity contribution in [3.8, 4) is 0 Å². The summed E-state index contributed by atoms with van der Waals surface area (Å²) in [6.07, 6.45) is 4.25. The van der Waals surface area contributed by atoms with Gasteiger partial charge in [0.05, 0.1) is 31.3 Å². The van der Waals surface area contributed by atoms with E-state index in [-0.39, 0.29) is 5.91 Å². The number of amides is 1. The highest BCUT2D eigenvalue weighted by Crippen LogP contribution is 2.27. The lowest BCUT2D eigenvalue weighted by molar-refractivity contribution is -0.120. The topological polar surface area (TPSA) is 85.2 Å². The van der Waals surface area contributed by atoms with Gasteiger partial charge in [0.2, 0.25) is 5.91 Å². The summed E-state index contributed by atoms with van der Waals surface area (Å²) in [5.41, 5.74) is 0.801. The first-order chi connectivity index (χ1) is 12.2. The molecular weight excluding hydrogens is 408 g/mol. The largest absolute Gasteiger partial charge is 0.378 e. The van der Waals surface area contributed by atoms with Crippen LogP contribution in [0.2, 0.25) is 0 Å². The molecule has 2 aromatic heterocycles. The molecule has 1 aliphatic heterocycles. The predicted molar refractivity (Wildman–Crippen MR) is 102 cm³/mol. The maximum Gasteiger partial charge on any atom is 0.220 e. The van der Waals surface area contributed by atoms with Gasteiger partial charge in [0.25, 0.3) is 0 Å². The number of anilines is 1. The van der Waals surface area contributed by atoms with Crippen molar-refractivity contribution in [1.29, 1.82) is 0 Å². The fourth-order valence-electron chi connectivity index (χ4n) is 2.67. The highest BCUT2D eigenvalue weighted by Gasteiger charge is 2.19. The average Bonchev–Trinajstić information content (AvgIpc) is 3.05. The lowest BCUT2D eigenvalue weighted by atomic mass is 10.3. The lowest BCUT2D eigenvalue weighted by Gasteiger charge is -2.28. The smallest absolute Gasteiger partial charge is 0.220 e. The molecule has 3 rings (SSSR count). The van der Waals surface area contributed by atoms with Crippen LogP contribution in [0.15, 0.2) is 11.4 Å². The van der Waals surface area contributed by atoms with E-state index in [1.54, 1.807) is 0 Å². The summed E-state index contributed by atoms with van der Waals surface area (Å²) < 4.78 is 7.26. The number of fused-ring (bicyclic) bond motifs is 1. The Bertz CT molecular complexity index is 734. The standard InChI is InChI=1S/C15H21BrN6O2S/c1-25-15-19-13(21-6-8-24-9-7-21)11-10-18-22(14(11)20-15)5-4-17-12(23)2-3-16/h10H,2-9H2,1H3,(H,17,23). The van der Waals surface area contributed by atoms with Gasteiger partial charge in [-0.15, -0.1) is 0 Å². The zero-order chi connectivity index (χ0) is 17.6. The van der Waals surface area contributed by atoms with Crippen molar-refractivity contribution in [2.75, 3.05) is 49.3 Å². The number of nitrogens with zero attached hydrogens (tertiary/aromatic N) is 5. The zero-order valence-electron chi connectivity index (χ0n) is 14.1. The van der Waals surface area contributed by atoms with Gasteiger partial charge < -0.3 is 15.0 Å². The minimum atomic E-state index is 0.0294. The van der Waals surface area contributed by atoms with E-state index in [4.69, 9.17) is 4.74 Å². The molecule has 136 valence electrons. The molecule has 10 heteroatoms. The molecule has 1 fully saturated rings. The Labute approximate surface area is 158 Å². The Morgan fingerprint density at radius 2 is 2.20 bits per heavy atom. The highest BCUT2D eigenvalue weighted by atomic mass is 79.9. The number of carbonyl (C=O) groups excluding carboxylic acids is 1. The first-order valence-corrected chi connectivity index (χ1v) is 10.5. The number of hydrogen-bond acceptors (Lipinski definition) is 7. The van der Waals surface area contributed by atoms with E-state index in [1.165, 1.54) is 11.8 Å². The fourth-order valence-corrected chi connectivity index (χ4v) is 3.38. The van der Waals surface area contributed by atoms with Crippen LogP contribution in [0, 0.1) is 0 Å². The summed E-state index contributed by atoms with van der Waals surface area (Å²) in [5, 5.41) is 9.66. The van der Waals surface area contributed by atoms with Gasteiger partial charge in [0.15, 0.2) is 10.8 Å². The number of ether oxygens (including phenoxy) is 1. The Morgan fingerprint density at radius 1 is 1.40 bits per heavy atom. The van der Waals surface area contributed by atoms with Crippen LogP contribution in [-0.4, -0.2) is 70.1 Å². The number of carbonyl (C=O) groups is 1. The Balaban J connectivity index is 1.82. The Morgan fingerprint density at radius 3 is 2.92 bits per heavy atom. The molecule has 1 N–H and O–H groups in total. The molecule has 0 spiro atoms. The number of hydrogen-bond donors (Lipinski definition) is 1. The summed E-state index contributed by atoms with van der Waals surface area (Å²) in [7, 11) is 0. The maximum absolute atomic E-state index is 11.6. The van der Waals surface area contributed by atoms with Crippen molar-refractivity contribution in [3.63, 3.8) is 0 Å². The van der Waals surface area contributed by atoms with Crippen LogP contribution in [0.3, 0.4) is 0 Å². The van der Waals surface area contributed by atoms with Crippen LogP contribution in [-0.2, 0) is 16.1 Å². The second kappa shape index (κ2) is 8.81. The summed E-state index contributed by atoms with van der Waals surface area (Å²) in [6, 6.07) is 0. The third kappa shape index (κ3) is 4.42. The second-order valence-corrected chi connectivity index (χ2v) is 7.09. The number of thioether (sulfide) groups is 1. The summed E-state index contributed by atoms with van der Waals surface area (Å²) in [6.45, 7) is 4.13. The van der Waals surface area contributed by atoms with Crippen LogP contribution in [0.5, 0.6) is 0 Å². The SMILES string of the molecule is CSc1nc(N2CCOCC2)c2cnn(CCNC(=O)CCBr)c2n1. The van der Waals surface area contributed by atoms with E-state index in [0.29, 0.717) is 38.1 Å². The van der Waals surface area contributed by atoms with E-state index in [9.17, 15) is 4.79 Å². The van der Waals surface area contributed by atoms with Crippen molar-refractivity contribution in [1.82, 2.24) is 25.1 Å². The predicted octanol–water partition coefficient (Wildman–Crippen LogP) is 1.29. The number of alkyl halides is 1. The van der Waals surface area contributed by atoms with Crippen LogP contribution in [0.1, 0.15) is 6.42 Å². The molecule has 1 amide bonds. The average molecular weight is 429 g/mol. The minimum absolute atomic E-state index is 0.0294. The molecule has 0 atom stereocenters. The van der Waals surface area contributed by atoms with Crippen molar-refractivity contribution < 1.29 is 9.53 Å². The van der Waals surface area contributed by atoms with Gasteiger partial charge in [-0.25, -0.2) is 14.6 Å². The van der Waals surface area contributed by atoms with Crippen LogP contribution in [0.25, 0.3) is 11.0 Å². The fraction of sp³-hybridized carbons (Fsp3) is 0.600. The lowest BCUT2D eigenvalue weighted by Crippen LogP contribution is -2.37. The molecule has 25 heavy (non-hydrogen) atoms. The molecule has 0 aliphatic carbocycles. The van der Waals surface area contributed by atoms with E-state index in [1.807, 2.05) is 17.1 Å². The van der Waals surface area contributed by atoms with Crippen molar-refractivity contribution in [2.24, 2.45) is 0 Å². The molecule has 0 unspecified atom stereocenters. The third-order valence-electron chi connectivity index (χ3n) is 3.92. The number of aromatic nitrogens is 4. The summed E-state index contributed by atoms with van der Waals surface area (Å²) in [4.78, 5) is 23.1. The van der Waals surface area contributed by atoms with E-state index in [2.05, 4.69) is 41.2 Å². The molecular formula is C15H21BrN6O2S. The number of rotatable bonds is 7. The summed E-state index contributed by atoms with van der Waals surface area (Å²) in [5.74, 6) is 0.939. The van der Waals surface area contributed by atoms with Gasteiger partial charge in [-0.05, 0) is 6.26 Å². The maximum atomic E-state index is 11.6. The Hall–Kier alpha value is -1.39. The van der Waals surface area contributed by atoms with Gasteiger partial charge in [0.1, 0.15) is 5.82 Å². The number of nitrogens with one attached hydrogen (secondary N) is 1. The molecule has 8 nitrogen and oxygen atoms in total.